The van der Waals surface area contributed by atoms with Gasteiger partial charge in [0.15, 0.2) is 0 Å². The standard InChI is InChI=1S/C20H31NO2/c1-3-4-5-6-9-20(22)23-18-12-10-17(11-13-18)19-8-7-14-21-15-16(19)2/h10-13,16,19,21H,3-9,14-15H2,1-2H3. The zero-order valence-corrected chi connectivity index (χ0v) is 14.6. The number of hydrogen-bond acceptors (Lipinski definition) is 3. The van der Waals surface area contributed by atoms with Gasteiger partial charge in [-0.25, -0.2) is 0 Å². The van der Waals surface area contributed by atoms with E-state index in [4.69, 9.17) is 4.74 Å². The average Bonchev–Trinajstić information content (AvgIpc) is 2.77. The molecule has 0 spiro atoms. The second-order valence-corrected chi connectivity index (χ2v) is 6.78. The van der Waals surface area contributed by atoms with Crippen LogP contribution in [0.1, 0.15) is 70.3 Å². The molecule has 1 fully saturated rings. The summed E-state index contributed by atoms with van der Waals surface area (Å²) in [6, 6.07) is 8.16. The Morgan fingerprint density at radius 3 is 2.74 bits per heavy atom. The summed E-state index contributed by atoms with van der Waals surface area (Å²) in [6.07, 6.45) is 7.39. The van der Waals surface area contributed by atoms with Crippen LogP contribution in [0.2, 0.25) is 0 Å². The molecular formula is C20H31NO2. The van der Waals surface area contributed by atoms with Gasteiger partial charge in [-0.3, -0.25) is 4.79 Å². The van der Waals surface area contributed by atoms with Gasteiger partial charge < -0.3 is 10.1 Å². The van der Waals surface area contributed by atoms with Crippen molar-refractivity contribution in [2.45, 2.75) is 64.7 Å². The molecule has 23 heavy (non-hydrogen) atoms. The lowest BCUT2D eigenvalue weighted by atomic mass is 9.84. The molecule has 0 radical (unpaired) electrons. The van der Waals surface area contributed by atoms with Crippen LogP contribution in [0.15, 0.2) is 24.3 Å². The molecule has 128 valence electrons. The van der Waals surface area contributed by atoms with E-state index in [0.29, 0.717) is 24.0 Å². The van der Waals surface area contributed by atoms with Gasteiger partial charge in [0.05, 0.1) is 0 Å². The van der Waals surface area contributed by atoms with E-state index in [9.17, 15) is 4.79 Å². The summed E-state index contributed by atoms with van der Waals surface area (Å²) in [6.45, 7) is 6.69. The lowest BCUT2D eigenvalue weighted by Crippen LogP contribution is -2.21. The highest BCUT2D eigenvalue weighted by atomic mass is 16.5. The highest BCUT2D eigenvalue weighted by Gasteiger charge is 2.21. The van der Waals surface area contributed by atoms with Gasteiger partial charge in [-0.05, 0) is 61.9 Å². The molecule has 1 heterocycles. The van der Waals surface area contributed by atoms with Crippen LogP contribution in [0, 0.1) is 5.92 Å². The second-order valence-electron chi connectivity index (χ2n) is 6.78. The molecule has 1 saturated heterocycles. The van der Waals surface area contributed by atoms with Crippen molar-refractivity contribution in [1.82, 2.24) is 5.32 Å². The Morgan fingerprint density at radius 2 is 2.00 bits per heavy atom. The number of carbonyl (C=O) groups excluding carboxylic acids is 1. The normalized spacial score (nSPS) is 21.7. The molecule has 2 atom stereocenters. The van der Waals surface area contributed by atoms with Crippen molar-refractivity contribution in [3.8, 4) is 5.75 Å². The lowest BCUT2D eigenvalue weighted by Gasteiger charge is -2.21. The van der Waals surface area contributed by atoms with Gasteiger partial charge in [-0.2, -0.15) is 0 Å². The van der Waals surface area contributed by atoms with Crippen molar-refractivity contribution < 1.29 is 9.53 Å². The molecule has 3 nitrogen and oxygen atoms in total. The maximum atomic E-state index is 11.8. The van der Waals surface area contributed by atoms with Crippen LogP contribution in [0.25, 0.3) is 0 Å². The van der Waals surface area contributed by atoms with Crippen LogP contribution in [0.4, 0.5) is 0 Å². The van der Waals surface area contributed by atoms with Crippen LogP contribution < -0.4 is 10.1 Å². The van der Waals surface area contributed by atoms with Gasteiger partial charge in [0.1, 0.15) is 5.75 Å². The molecule has 2 rings (SSSR count). The Kier molecular flexibility index (Phi) is 7.60. The van der Waals surface area contributed by atoms with Gasteiger partial charge in [0, 0.05) is 6.42 Å². The number of carbonyl (C=O) groups is 1. The van der Waals surface area contributed by atoms with E-state index in [1.165, 1.54) is 31.2 Å². The van der Waals surface area contributed by atoms with Crippen molar-refractivity contribution >= 4 is 5.97 Å². The molecule has 0 bridgehead atoms. The summed E-state index contributed by atoms with van der Waals surface area (Å²) >= 11 is 0. The molecule has 2 unspecified atom stereocenters. The van der Waals surface area contributed by atoms with Crippen molar-refractivity contribution in [1.29, 1.82) is 0 Å². The molecular weight excluding hydrogens is 286 g/mol. The van der Waals surface area contributed by atoms with E-state index < -0.39 is 0 Å². The largest absolute Gasteiger partial charge is 0.427 e. The predicted octanol–water partition coefficient (Wildman–Crippen LogP) is 4.67. The highest BCUT2D eigenvalue weighted by molar-refractivity contribution is 5.72. The number of unbranched alkanes of at least 4 members (excludes halogenated alkanes) is 3. The summed E-state index contributed by atoms with van der Waals surface area (Å²) in [7, 11) is 0. The van der Waals surface area contributed by atoms with Crippen molar-refractivity contribution in [3.05, 3.63) is 29.8 Å². The Labute approximate surface area is 140 Å². The fourth-order valence-electron chi connectivity index (χ4n) is 3.36. The van der Waals surface area contributed by atoms with Gasteiger partial charge in [-0.15, -0.1) is 0 Å². The summed E-state index contributed by atoms with van der Waals surface area (Å²) in [5.41, 5.74) is 1.36. The molecule has 1 aromatic carbocycles. The van der Waals surface area contributed by atoms with E-state index in [1.807, 2.05) is 12.1 Å². The molecule has 0 aromatic heterocycles. The van der Waals surface area contributed by atoms with Crippen molar-refractivity contribution in [2.75, 3.05) is 13.1 Å². The van der Waals surface area contributed by atoms with Crippen LogP contribution in [0.5, 0.6) is 5.75 Å². The number of ether oxygens (including phenoxy) is 1. The summed E-state index contributed by atoms with van der Waals surface area (Å²) in [4.78, 5) is 11.8. The maximum Gasteiger partial charge on any atom is 0.311 e. The minimum Gasteiger partial charge on any atom is -0.427 e. The molecule has 1 N–H and O–H groups in total. The Morgan fingerprint density at radius 1 is 1.22 bits per heavy atom. The Hall–Kier alpha value is -1.35. The SMILES string of the molecule is CCCCCCC(=O)Oc1ccc(C2CCCNCC2C)cc1. The van der Waals surface area contributed by atoms with Crippen molar-refractivity contribution in [3.63, 3.8) is 0 Å². The fourth-order valence-corrected chi connectivity index (χ4v) is 3.36. The molecule has 0 aliphatic carbocycles. The average molecular weight is 317 g/mol. The molecule has 3 heteroatoms. The highest BCUT2D eigenvalue weighted by Crippen LogP contribution is 2.31. The quantitative estimate of drug-likeness (QED) is 0.451. The first-order valence-corrected chi connectivity index (χ1v) is 9.22. The molecule has 0 saturated carbocycles. The molecule has 1 aliphatic rings. The first kappa shape index (κ1) is 18.0. The molecule has 0 amide bonds. The second kappa shape index (κ2) is 9.71. The van der Waals surface area contributed by atoms with Gasteiger partial charge >= 0.3 is 5.97 Å². The monoisotopic (exact) mass is 317 g/mol. The first-order valence-electron chi connectivity index (χ1n) is 9.22. The van der Waals surface area contributed by atoms with E-state index in [-0.39, 0.29) is 5.97 Å². The number of esters is 1. The summed E-state index contributed by atoms with van der Waals surface area (Å²) in [5.74, 6) is 1.81. The van der Waals surface area contributed by atoms with Gasteiger partial charge in [0.25, 0.3) is 0 Å². The Bertz CT molecular complexity index is 469. The van der Waals surface area contributed by atoms with Crippen molar-refractivity contribution in [2.24, 2.45) is 5.92 Å². The Balaban J connectivity index is 1.85. The summed E-state index contributed by atoms with van der Waals surface area (Å²) < 4.78 is 5.44. The van der Waals surface area contributed by atoms with Crippen LogP contribution in [0.3, 0.4) is 0 Å². The van der Waals surface area contributed by atoms with Gasteiger partial charge in [0.2, 0.25) is 0 Å². The van der Waals surface area contributed by atoms with Gasteiger partial charge in [-0.1, -0.05) is 45.2 Å². The zero-order valence-electron chi connectivity index (χ0n) is 14.6. The molecule has 1 aromatic rings. The number of rotatable bonds is 7. The van der Waals surface area contributed by atoms with E-state index in [2.05, 4.69) is 31.3 Å². The first-order chi connectivity index (χ1) is 11.2. The van der Waals surface area contributed by atoms with Crippen LogP contribution >= 0.6 is 0 Å². The minimum absolute atomic E-state index is 0.110. The number of nitrogens with one attached hydrogen (secondary N) is 1. The topological polar surface area (TPSA) is 38.3 Å². The smallest absolute Gasteiger partial charge is 0.311 e. The predicted molar refractivity (Wildman–Crippen MR) is 94.8 cm³/mol. The number of benzene rings is 1. The van der Waals surface area contributed by atoms with Crippen LogP contribution in [-0.4, -0.2) is 19.1 Å². The van der Waals surface area contributed by atoms with E-state index >= 15 is 0 Å². The summed E-state index contributed by atoms with van der Waals surface area (Å²) in [5, 5.41) is 3.49. The number of hydrogen-bond donors (Lipinski definition) is 1. The molecule has 1 aliphatic heterocycles. The third kappa shape index (κ3) is 5.98. The van der Waals surface area contributed by atoms with E-state index in [1.54, 1.807) is 0 Å². The lowest BCUT2D eigenvalue weighted by molar-refractivity contribution is -0.134. The van der Waals surface area contributed by atoms with Crippen LogP contribution in [-0.2, 0) is 4.79 Å². The van der Waals surface area contributed by atoms with E-state index in [0.717, 1.165) is 25.9 Å². The maximum absolute atomic E-state index is 11.8. The zero-order chi connectivity index (χ0) is 16.5. The minimum atomic E-state index is -0.110. The third-order valence-corrected chi connectivity index (χ3v) is 4.80. The third-order valence-electron chi connectivity index (χ3n) is 4.80. The fraction of sp³-hybridized carbons (Fsp3) is 0.650.